The monoisotopic (exact) mass is 298 g/mol. The van der Waals surface area contributed by atoms with Crippen molar-refractivity contribution in [2.24, 2.45) is 4.99 Å². The summed E-state index contributed by atoms with van der Waals surface area (Å²) in [6, 6.07) is 8.29. The Hall–Kier alpha value is -2.56. The number of aliphatic imine (C=N–C) groups is 1. The van der Waals surface area contributed by atoms with Crippen LogP contribution in [0.2, 0.25) is 0 Å². The molecule has 0 aliphatic carbocycles. The van der Waals surface area contributed by atoms with Gasteiger partial charge >= 0.3 is 0 Å². The summed E-state index contributed by atoms with van der Waals surface area (Å²) in [5.41, 5.74) is 3.25. The van der Waals surface area contributed by atoms with Gasteiger partial charge in [-0.3, -0.25) is 0 Å². The SMILES string of the molecule is C=Cc1nnc(N=C(C)CC)cc1NCc1cccc(F)c1. The second-order valence-electron chi connectivity index (χ2n) is 4.89. The Morgan fingerprint density at radius 3 is 2.86 bits per heavy atom. The molecule has 1 aromatic heterocycles. The summed E-state index contributed by atoms with van der Waals surface area (Å²) >= 11 is 0. The van der Waals surface area contributed by atoms with Gasteiger partial charge in [0, 0.05) is 18.3 Å². The molecule has 0 fully saturated rings. The molecule has 22 heavy (non-hydrogen) atoms. The quantitative estimate of drug-likeness (QED) is 0.805. The van der Waals surface area contributed by atoms with Crippen molar-refractivity contribution >= 4 is 23.3 Å². The summed E-state index contributed by atoms with van der Waals surface area (Å²) in [7, 11) is 0. The first-order valence-corrected chi connectivity index (χ1v) is 7.15. The van der Waals surface area contributed by atoms with E-state index in [1.807, 2.05) is 26.0 Å². The van der Waals surface area contributed by atoms with Crippen LogP contribution >= 0.6 is 0 Å². The molecular formula is C17H19FN4. The summed E-state index contributed by atoms with van der Waals surface area (Å²) in [4.78, 5) is 4.39. The number of halogens is 1. The summed E-state index contributed by atoms with van der Waals surface area (Å²) in [6.45, 7) is 8.20. The van der Waals surface area contributed by atoms with Gasteiger partial charge < -0.3 is 5.32 Å². The predicted molar refractivity (Wildman–Crippen MR) is 88.9 cm³/mol. The molecule has 1 heterocycles. The molecule has 1 N–H and O–H groups in total. The maximum atomic E-state index is 13.2. The highest BCUT2D eigenvalue weighted by Gasteiger charge is 2.05. The Kier molecular flexibility index (Phi) is 5.36. The van der Waals surface area contributed by atoms with Crippen molar-refractivity contribution in [3.8, 4) is 0 Å². The van der Waals surface area contributed by atoms with E-state index in [4.69, 9.17) is 0 Å². The summed E-state index contributed by atoms with van der Waals surface area (Å²) in [5.74, 6) is 0.298. The van der Waals surface area contributed by atoms with Gasteiger partial charge in [-0.25, -0.2) is 9.38 Å². The molecule has 0 saturated heterocycles. The van der Waals surface area contributed by atoms with Gasteiger partial charge in [-0.1, -0.05) is 25.6 Å². The minimum atomic E-state index is -0.250. The first-order chi connectivity index (χ1) is 10.6. The zero-order chi connectivity index (χ0) is 15.9. The zero-order valence-electron chi connectivity index (χ0n) is 12.8. The average Bonchev–Trinajstić information content (AvgIpc) is 2.53. The Balaban J connectivity index is 2.21. The number of aromatic nitrogens is 2. The number of nitrogens with zero attached hydrogens (tertiary/aromatic N) is 3. The fourth-order valence-corrected chi connectivity index (χ4v) is 1.86. The second kappa shape index (κ2) is 7.45. The maximum Gasteiger partial charge on any atom is 0.176 e. The number of anilines is 1. The van der Waals surface area contributed by atoms with Gasteiger partial charge in [0.25, 0.3) is 0 Å². The van der Waals surface area contributed by atoms with Crippen LogP contribution in [0.3, 0.4) is 0 Å². The van der Waals surface area contributed by atoms with E-state index < -0.39 is 0 Å². The lowest BCUT2D eigenvalue weighted by Gasteiger charge is -2.09. The third-order valence-corrected chi connectivity index (χ3v) is 3.19. The highest BCUT2D eigenvalue weighted by atomic mass is 19.1. The molecule has 1 aromatic carbocycles. The Bertz CT molecular complexity index is 695. The molecule has 0 bridgehead atoms. The van der Waals surface area contributed by atoms with Gasteiger partial charge in [0.1, 0.15) is 11.5 Å². The van der Waals surface area contributed by atoms with Crippen LogP contribution in [-0.2, 0) is 6.54 Å². The Morgan fingerprint density at radius 2 is 2.18 bits per heavy atom. The molecule has 114 valence electrons. The van der Waals surface area contributed by atoms with Crippen LogP contribution in [0.25, 0.3) is 6.08 Å². The van der Waals surface area contributed by atoms with Crippen LogP contribution in [-0.4, -0.2) is 15.9 Å². The molecule has 0 aliphatic heterocycles. The van der Waals surface area contributed by atoms with Crippen LogP contribution in [0, 0.1) is 5.82 Å². The van der Waals surface area contributed by atoms with E-state index in [1.165, 1.54) is 12.1 Å². The fourth-order valence-electron chi connectivity index (χ4n) is 1.86. The van der Waals surface area contributed by atoms with Crippen LogP contribution in [0.4, 0.5) is 15.9 Å². The summed E-state index contributed by atoms with van der Waals surface area (Å²) in [5, 5.41) is 11.4. The van der Waals surface area contributed by atoms with Gasteiger partial charge in [-0.2, -0.15) is 0 Å². The van der Waals surface area contributed by atoms with E-state index in [1.54, 1.807) is 12.1 Å². The van der Waals surface area contributed by atoms with E-state index in [-0.39, 0.29) is 5.82 Å². The van der Waals surface area contributed by atoms with Crippen LogP contribution in [0.5, 0.6) is 0 Å². The minimum absolute atomic E-state index is 0.250. The molecule has 4 nitrogen and oxygen atoms in total. The van der Waals surface area contributed by atoms with E-state index in [9.17, 15) is 4.39 Å². The molecule has 0 spiro atoms. The lowest BCUT2D eigenvalue weighted by atomic mass is 10.2. The third-order valence-electron chi connectivity index (χ3n) is 3.19. The first-order valence-electron chi connectivity index (χ1n) is 7.15. The molecular weight excluding hydrogens is 279 g/mol. The van der Waals surface area contributed by atoms with Gasteiger partial charge in [0.15, 0.2) is 5.82 Å². The first kappa shape index (κ1) is 15.8. The smallest absolute Gasteiger partial charge is 0.176 e. The van der Waals surface area contributed by atoms with E-state index in [2.05, 4.69) is 27.1 Å². The van der Waals surface area contributed by atoms with Crippen LogP contribution < -0.4 is 5.32 Å². The van der Waals surface area contributed by atoms with Crippen molar-refractivity contribution in [3.05, 3.63) is 54.0 Å². The number of hydrogen-bond acceptors (Lipinski definition) is 4. The van der Waals surface area contributed by atoms with Crippen molar-refractivity contribution in [1.82, 2.24) is 10.2 Å². The highest BCUT2D eigenvalue weighted by molar-refractivity contribution is 5.84. The minimum Gasteiger partial charge on any atom is -0.379 e. The zero-order valence-corrected chi connectivity index (χ0v) is 12.8. The van der Waals surface area contributed by atoms with Gasteiger partial charge in [-0.15, -0.1) is 10.2 Å². The van der Waals surface area contributed by atoms with Crippen LogP contribution in [0.1, 0.15) is 31.5 Å². The number of benzene rings is 1. The van der Waals surface area contributed by atoms with Crippen molar-refractivity contribution in [1.29, 1.82) is 0 Å². The summed E-state index contributed by atoms with van der Waals surface area (Å²) < 4.78 is 13.2. The summed E-state index contributed by atoms with van der Waals surface area (Å²) in [6.07, 6.45) is 2.48. The van der Waals surface area contributed by atoms with E-state index >= 15 is 0 Å². The van der Waals surface area contributed by atoms with E-state index in [0.717, 1.165) is 23.4 Å². The molecule has 0 amide bonds. The lowest BCUT2D eigenvalue weighted by molar-refractivity contribution is 0.626. The third kappa shape index (κ3) is 4.22. The van der Waals surface area contributed by atoms with Crippen molar-refractivity contribution < 1.29 is 4.39 Å². The predicted octanol–water partition coefficient (Wildman–Crippen LogP) is 4.37. The number of nitrogens with one attached hydrogen (secondary N) is 1. The molecule has 0 saturated carbocycles. The molecule has 2 rings (SSSR count). The number of rotatable bonds is 6. The van der Waals surface area contributed by atoms with Crippen molar-refractivity contribution in [3.63, 3.8) is 0 Å². The van der Waals surface area contributed by atoms with Crippen molar-refractivity contribution in [2.75, 3.05) is 5.32 Å². The highest BCUT2D eigenvalue weighted by Crippen LogP contribution is 2.20. The fraction of sp³-hybridized carbons (Fsp3) is 0.235. The Labute approximate surface area is 129 Å². The average molecular weight is 298 g/mol. The topological polar surface area (TPSA) is 50.2 Å². The Morgan fingerprint density at radius 1 is 1.36 bits per heavy atom. The lowest BCUT2D eigenvalue weighted by Crippen LogP contribution is -2.03. The normalized spacial score (nSPS) is 11.3. The van der Waals surface area contributed by atoms with Gasteiger partial charge in [-0.05, 0) is 37.1 Å². The van der Waals surface area contributed by atoms with Crippen LogP contribution in [0.15, 0.2) is 41.9 Å². The maximum absolute atomic E-state index is 13.2. The molecule has 0 unspecified atom stereocenters. The number of hydrogen-bond donors (Lipinski definition) is 1. The van der Waals surface area contributed by atoms with Crippen molar-refractivity contribution in [2.45, 2.75) is 26.8 Å². The molecule has 0 aliphatic rings. The standard InChI is InChI=1S/C17H19FN4/c1-4-12(3)20-17-10-16(15(5-2)21-22-17)19-11-13-7-6-8-14(18)9-13/h5-10H,2,4,11H2,1,3H3,(H,19,22). The molecule has 0 radical (unpaired) electrons. The van der Waals surface area contributed by atoms with Gasteiger partial charge in [0.2, 0.25) is 0 Å². The van der Waals surface area contributed by atoms with E-state index in [0.29, 0.717) is 18.1 Å². The largest absolute Gasteiger partial charge is 0.379 e. The molecule has 2 aromatic rings. The molecule has 0 atom stereocenters. The van der Waals surface area contributed by atoms with Gasteiger partial charge in [0.05, 0.1) is 5.69 Å². The second-order valence-corrected chi connectivity index (χ2v) is 4.89. The molecule has 5 heteroatoms.